The molecule has 0 aromatic heterocycles. The van der Waals surface area contributed by atoms with Gasteiger partial charge in [-0.25, -0.2) is 4.79 Å². The molecule has 0 aromatic rings. The second-order valence-electron chi connectivity index (χ2n) is 2.55. The van der Waals surface area contributed by atoms with E-state index in [4.69, 9.17) is 9.47 Å². The average molecular weight is 161 g/mol. The van der Waals surface area contributed by atoms with Crippen molar-refractivity contribution in [3.63, 3.8) is 0 Å². The van der Waals surface area contributed by atoms with Crippen molar-refractivity contribution in [1.82, 2.24) is 4.90 Å². The standard InChI is InChI=1S/C7H15NO3/c1-6(2)11-7(9)8(3)5-10-4/h6H,5H2,1-4H3. The van der Waals surface area contributed by atoms with Gasteiger partial charge in [-0.15, -0.1) is 0 Å². The maximum atomic E-state index is 11.0. The average Bonchev–Trinajstić information content (AvgIpc) is 1.86. The van der Waals surface area contributed by atoms with Gasteiger partial charge in [-0.05, 0) is 13.8 Å². The van der Waals surface area contributed by atoms with E-state index in [9.17, 15) is 4.79 Å². The lowest BCUT2D eigenvalue weighted by molar-refractivity contribution is 0.0399. The number of carbonyl (C=O) groups is 1. The van der Waals surface area contributed by atoms with Crippen LogP contribution in [0, 0.1) is 0 Å². The van der Waals surface area contributed by atoms with Crippen LogP contribution in [0.3, 0.4) is 0 Å². The van der Waals surface area contributed by atoms with Crippen LogP contribution in [0.15, 0.2) is 0 Å². The molecule has 0 atom stereocenters. The van der Waals surface area contributed by atoms with Crippen LogP contribution in [0.5, 0.6) is 0 Å². The van der Waals surface area contributed by atoms with Crippen LogP contribution < -0.4 is 0 Å². The predicted octanol–water partition coefficient (Wildman–Crippen LogP) is 1.07. The fourth-order valence-corrected chi connectivity index (χ4v) is 0.538. The number of carbonyl (C=O) groups excluding carboxylic acids is 1. The van der Waals surface area contributed by atoms with E-state index in [2.05, 4.69) is 0 Å². The van der Waals surface area contributed by atoms with Crippen molar-refractivity contribution < 1.29 is 14.3 Å². The van der Waals surface area contributed by atoms with Crippen molar-refractivity contribution in [2.75, 3.05) is 20.9 Å². The molecule has 0 radical (unpaired) electrons. The third kappa shape index (κ3) is 4.61. The molecule has 11 heavy (non-hydrogen) atoms. The molecule has 0 bridgehead atoms. The summed E-state index contributed by atoms with van der Waals surface area (Å²) in [5.74, 6) is 0. The van der Waals surface area contributed by atoms with E-state index in [-0.39, 0.29) is 18.9 Å². The topological polar surface area (TPSA) is 38.8 Å². The van der Waals surface area contributed by atoms with Crippen molar-refractivity contribution in [1.29, 1.82) is 0 Å². The van der Waals surface area contributed by atoms with E-state index in [1.807, 2.05) is 0 Å². The Kier molecular flexibility index (Phi) is 4.61. The summed E-state index contributed by atoms with van der Waals surface area (Å²) in [7, 11) is 3.15. The highest BCUT2D eigenvalue weighted by Gasteiger charge is 2.09. The van der Waals surface area contributed by atoms with E-state index in [0.29, 0.717) is 0 Å². The molecule has 4 nitrogen and oxygen atoms in total. The molecule has 0 spiro atoms. The highest BCUT2D eigenvalue weighted by Crippen LogP contribution is 1.94. The van der Waals surface area contributed by atoms with Gasteiger partial charge in [0, 0.05) is 14.2 Å². The summed E-state index contributed by atoms with van der Waals surface area (Å²) in [5.41, 5.74) is 0. The number of amides is 1. The highest BCUT2D eigenvalue weighted by molar-refractivity contribution is 5.67. The van der Waals surface area contributed by atoms with Crippen LogP contribution >= 0.6 is 0 Å². The fraction of sp³-hybridized carbons (Fsp3) is 0.857. The zero-order valence-corrected chi connectivity index (χ0v) is 7.46. The van der Waals surface area contributed by atoms with Gasteiger partial charge in [-0.3, -0.25) is 4.90 Å². The summed E-state index contributed by atoms with van der Waals surface area (Å²) in [6.07, 6.45) is -0.441. The monoisotopic (exact) mass is 161 g/mol. The Morgan fingerprint density at radius 3 is 2.45 bits per heavy atom. The third-order valence-electron chi connectivity index (χ3n) is 0.971. The third-order valence-corrected chi connectivity index (χ3v) is 0.971. The molecular formula is C7H15NO3. The van der Waals surface area contributed by atoms with Crippen LogP contribution in [0.4, 0.5) is 4.79 Å². The van der Waals surface area contributed by atoms with Crippen LogP contribution in [-0.2, 0) is 9.47 Å². The maximum absolute atomic E-state index is 11.0. The van der Waals surface area contributed by atoms with Gasteiger partial charge in [0.2, 0.25) is 0 Å². The van der Waals surface area contributed by atoms with E-state index in [1.165, 1.54) is 12.0 Å². The number of rotatable bonds is 3. The zero-order valence-electron chi connectivity index (χ0n) is 7.46. The first-order valence-electron chi connectivity index (χ1n) is 3.48. The molecule has 66 valence electrons. The molecule has 1 amide bonds. The number of methoxy groups -OCH3 is 1. The van der Waals surface area contributed by atoms with Crippen LogP contribution in [0.2, 0.25) is 0 Å². The van der Waals surface area contributed by atoms with Gasteiger partial charge < -0.3 is 9.47 Å². The van der Waals surface area contributed by atoms with Crippen LogP contribution in [-0.4, -0.2) is 38.0 Å². The first-order chi connectivity index (χ1) is 5.07. The number of hydrogen-bond acceptors (Lipinski definition) is 3. The number of hydrogen-bond donors (Lipinski definition) is 0. The highest BCUT2D eigenvalue weighted by atomic mass is 16.6. The minimum atomic E-state index is -0.359. The Balaban J connectivity index is 3.64. The molecular weight excluding hydrogens is 146 g/mol. The summed E-state index contributed by atoms with van der Waals surface area (Å²) in [6, 6.07) is 0. The summed E-state index contributed by atoms with van der Waals surface area (Å²) in [6.45, 7) is 3.86. The molecule has 4 heteroatoms. The first kappa shape index (κ1) is 10.2. The largest absolute Gasteiger partial charge is 0.447 e. The lowest BCUT2D eigenvalue weighted by Crippen LogP contribution is -2.30. The lowest BCUT2D eigenvalue weighted by atomic mass is 10.5. The van der Waals surface area contributed by atoms with Crippen molar-refractivity contribution >= 4 is 6.09 Å². The van der Waals surface area contributed by atoms with Gasteiger partial charge in [0.15, 0.2) is 0 Å². The van der Waals surface area contributed by atoms with E-state index in [1.54, 1.807) is 20.9 Å². The Morgan fingerprint density at radius 2 is 2.09 bits per heavy atom. The van der Waals surface area contributed by atoms with Gasteiger partial charge in [0.05, 0.1) is 6.10 Å². The first-order valence-corrected chi connectivity index (χ1v) is 3.48. The van der Waals surface area contributed by atoms with E-state index < -0.39 is 0 Å². The molecule has 0 rings (SSSR count). The molecule has 0 aliphatic carbocycles. The van der Waals surface area contributed by atoms with Gasteiger partial charge in [0.25, 0.3) is 0 Å². The fourth-order valence-electron chi connectivity index (χ4n) is 0.538. The Hall–Kier alpha value is -0.770. The van der Waals surface area contributed by atoms with Gasteiger partial charge in [0.1, 0.15) is 6.73 Å². The smallest absolute Gasteiger partial charge is 0.411 e. The van der Waals surface area contributed by atoms with Crippen molar-refractivity contribution in [2.45, 2.75) is 20.0 Å². The second-order valence-corrected chi connectivity index (χ2v) is 2.55. The van der Waals surface area contributed by atoms with Crippen LogP contribution in [0.1, 0.15) is 13.8 Å². The summed E-state index contributed by atoms with van der Waals surface area (Å²) in [5, 5.41) is 0. The van der Waals surface area contributed by atoms with E-state index in [0.717, 1.165) is 0 Å². The zero-order chi connectivity index (χ0) is 8.85. The van der Waals surface area contributed by atoms with Gasteiger partial charge in [-0.1, -0.05) is 0 Å². The normalized spacial score (nSPS) is 9.91. The van der Waals surface area contributed by atoms with Gasteiger partial charge in [-0.2, -0.15) is 0 Å². The molecule has 0 N–H and O–H groups in total. The van der Waals surface area contributed by atoms with Crippen molar-refractivity contribution in [2.24, 2.45) is 0 Å². The molecule has 0 heterocycles. The lowest BCUT2D eigenvalue weighted by Gasteiger charge is -2.17. The number of nitrogens with zero attached hydrogens (tertiary/aromatic N) is 1. The molecule has 0 fully saturated rings. The SMILES string of the molecule is COCN(C)C(=O)OC(C)C. The quantitative estimate of drug-likeness (QED) is 0.581. The van der Waals surface area contributed by atoms with Crippen LogP contribution in [0.25, 0.3) is 0 Å². The molecule has 0 saturated carbocycles. The molecule has 0 saturated heterocycles. The Morgan fingerprint density at radius 1 is 1.55 bits per heavy atom. The molecule has 0 aromatic carbocycles. The predicted molar refractivity (Wildman–Crippen MR) is 41.3 cm³/mol. The maximum Gasteiger partial charge on any atom is 0.411 e. The summed E-state index contributed by atoms with van der Waals surface area (Å²) >= 11 is 0. The minimum Gasteiger partial charge on any atom is -0.447 e. The van der Waals surface area contributed by atoms with Crippen molar-refractivity contribution in [3.8, 4) is 0 Å². The molecule has 0 aliphatic heterocycles. The molecule has 0 aliphatic rings. The van der Waals surface area contributed by atoms with Gasteiger partial charge >= 0.3 is 6.09 Å². The second kappa shape index (κ2) is 4.96. The summed E-state index contributed by atoms with van der Waals surface area (Å²) < 4.78 is 9.60. The van der Waals surface area contributed by atoms with Crippen molar-refractivity contribution in [3.05, 3.63) is 0 Å². The van der Waals surface area contributed by atoms with E-state index >= 15 is 0 Å². The Bertz CT molecular complexity index is 125. The minimum absolute atomic E-state index is 0.0817. The molecule has 0 unspecified atom stereocenters. The number of ether oxygens (including phenoxy) is 2. The summed E-state index contributed by atoms with van der Waals surface area (Å²) in [4.78, 5) is 12.3. The Labute approximate surface area is 67.1 Å².